The molecule has 1 N–H and O–H groups in total. The summed E-state index contributed by atoms with van der Waals surface area (Å²) < 4.78 is 1.93. The van der Waals surface area contributed by atoms with E-state index in [1.807, 2.05) is 71.3 Å². The van der Waals surface area contributed by atoms with Crippen molar-refractivity contribution in [3.05, 3.63) is 83.1 Å². The first-order valence-electron chi connectivity index (χ1n) is 9.26. The van der Waals surface area contributed by atoms with Gasteiger partial charge < -0.3 is 5.32 Å². The predicted molar refractivity (Wildman–Crippen MR) is 118 cm³/mol. The van der Waals surface area contributed by atoms with E-state index in [2.05, 4.69) is 22.4 Å². The minimum Gasteiger partial charge on any atom is -0.345 e. The van der Waals surface area contributed by atoms with Gasteiger partial charge in [-0.05, 0) is 40.8 Å². The summed E-state index contributed by atoms with van der Waals surface area (Å²) in [6, 6.07) is 21.1. The van der Waals surface area contributed by atoms with Crippen molar-refractivity contribution in [2.75, 3.05) is 5.75 Å². The fraction of sp³-hybridized carbons (Fsp3) is 0.136. The van der Waals surface area contributed by atoms with Gasteiger partial charge in [0, 0.05) is 10.6 Å². The van der Waals surface area contributed by atoms with Gasteiger partial charge >= 0.3 is 0 Å². The van der Waals surface area contributed by atoms with Crippen LogP contribution in [0.3, 0.4) is 0 Å². The Bertz CT molecular complexity index is 1170. The molecule has 0 saturated carbocycles. The minimum atomic E-state index is -0.146. The number of fused-ring (bicyclic) bond motifs is 1. The monoisotopic (exact) mass is 422 g/mol. The van der Waals surface area contributed by atoms with E-state index in [0.717, 1.165) is 27.4 Å². The molecule has 0 atom stereocenters. The molecule has 1 heterocycles. The smallest absolute Gasteiger partial charge is 0.252 e. The molecule has 0 spiro atoms. The normalized spacial score (nSPS) is 11.0. The van der Waals surface area contributed by atoms with Crippen molar-refractivity contribution in [1.82, 2.24) is 20.1 Å². The van der Waals surface area contributed by atoms with Crippen molar-refractivity contribution in [3.8, 4) is 5.69 Å². The van der Waals surface area contributed by atoms with Gasteiger partial charge in [-0.25, -0.2) is 0 Å². The Morgan fingerprint density at radius 3 is 2.69 bits per heavy atom. The third kappa shape index (κ3) is 4.13. The molecule has 0 aliphatic heterocycles. The minimum absolute atomic E-state index is 0.146. The molecule has 29 heavy (non-hydrogen) atoms. The zero-order chi connectivity index (χ0) is 20.2. The Morgan fingerprint density at radius 1 is 1.07 bits per heavy atom. The Labute approximate surface area is 178 Å². The van der Waals surface area contributed by atoms with Crippen LogP contribution in [0.25, 0.3) is 16.5 Å². The lowest BCUT2D eigenvalue weighted by Gasteiger charge is -2.11. The average Bonchev–Trinajstić information content (AvgIpc) is 3.14. The summed E-state index contributed by atoms with van der Waals surface area (Å²) in [5, 5.41) is 14.9. The molecule has 4 rings (SSSR count). The number of thioether (sulfide) groups is 1. The molecule has 5 nitrogen and oxygen atoms in total. The summed E-state index contributed by atoms with van der Waals surface area (Å²) in [4.78, 5) is 12.9. The molecule has 3 aromatic carbocycles. The number of aromatic nitrogens is 3. The van der Waals surface area contributed by atoms with Crippen molar-refractivity contribution in [2.24, 2.45) is 0 Å². The lowest BCUT2D eigenvalue weighted by atomic mass is 10.0. The SMILES string of the molecule is CCSc1nnc(CNC(=O)c2cccc3ccccc23)n1-c1cccc(Cl)c1. The van der Waals surface area contributed by atoms with E-state index in [-0.39, 0.29) is 12.5 Å². The fourth-order valence-corrected chi connectivity index (χ4v) is 4.07. The van der Waals surface area contributed by atoms with Crippen molar-refractivity contribution in [2.45, 2.75) is 18.6 Å². The van der Waals surface area contributed by atoms with Crippen molar-refractivity contribution >= 4 is 40.0 Å². The second-order valence-corrected chi connectivity index (χ2v) is 8.02. The molecule has 1 amide bonds. The Kier molecular flexibility index (Phi) is 5.83. The van der Waals surface area contributed by atoms with E-state index < -0.39 is 0 Å². The number of halogens is 1. The molecular formula is C22H19ClN4OS. The van der Waals surface area contributed by atoms with Gasteiger partial charge in [-0.15, -0.1) is 10.2 Å². The number of carbonyl (C=O) groups excluding carboxylic acids is 1. The number of hydrogen-bond acceptors (Lipinski definition) is 4. The highest BCUT2D eigenvalue weighted by molar-refractivity contribution is 7.99. The Morgan fingerprint density at radius 2 is 1.86 bits per heavy atom. The number of benzene rings is 3. The van der Waals surface area contributed by atoms with Crippen molar-refractivity contribution in [3.63, 3.8) is 0 Å². The van der Waals surface area contributed by atoms with E-state index in [9.17, 15) is 4.79 Å². The van der Waals surface area contributed by atoms with Crippen LogP contribution in [0.1, 0.15) is 23.1 Å². The van der Waals surface area contributed by atoms with E-state index in [1.54, 1.807) is 11.8 Å². The van der Waals surface area contributed by atoms with Crippen LogP contribution in [0.15, 0.2) is 71.9 Å². The second-order valence-electron chi connectivity index (χ2n) is 6.36. The van der Waals surface area contributed by atoms with Crippen LogP contribution < -0.4 is 5.32 Å². The first kappa shape index (κ1) is 19.5. The van der Waals surface area contributed by atoms with Gasteiger partial charge in [-0.3, -0.25) is 9.36 Å². The maximum atomic E-state index is 12.9. The number of rotatable bonds is 6. The number of carbonyl (C=O) groups is 1. The maximum absolute atomic E-state index is 12.9. The molecule has 0 fully saturated rings. The topological polar surface area (TPSA) is 59.8 Å². The maximum Gasteiger partial charge on any atom is 0.252 e. The molecule has 0 aliphatic rings. The third-order valence-corrected chi connectivity index (χ3v) is 5.53. The summed E-state index contributed by atoms with van der Waals surface area (Å²) in [5.41, 5.74) is 1.51. The number of hydrogen-bond donors (Lipinski definition) is 1. The number of nitrogens with zero attached hydrogens (tertiary/aromatic N) is 3. The lowest BCUT2D eigenvalue weighted by molar-refractivity contribution is 0.0951. The van der Waals surface area contributed by atoms with Gasteiger partial charge in [-0.2, -0.15) is 0 Å². The molecule has 0 bridgehead atoms. The van der Waals surface area contributed by atoms with Crippen LogP contribution in [0.2, 0.25) is 5.02 Å². The second kappa shape index (κ2) is 8.68. The predicted octanol–water partition coefficient (Wildman–Crippen LogP) is 5.12. The Balaban J connectivity index is 1.62. The van der Waals surface area contributed by atoms with Gasteiger partial charge in [0.2, 0.25) is 0 Å². The summed E-state index contributed by atoms with van der Waals surface area (Å²) in [6.07, 6.45) is 0. The summed E-state index contributed by atoms with van der Waals surface area (Å²) in [5.74, 6) is 1.37. The summed E-state index contributed by atoms with van der Waals surface area (Å²) in [6.45, 7) is 2.31. The first-order valence-corrected chi connectivity index (χ1v) is 10.6. The molecule has 4 aromatic rings. The number of amides is 1. The van der Waals surface area contributed by atoms with Crippen LogP contribution in [0, 0.1) is 0 Å². The van der Waals surface area contributed by atoms with Gasteiger partial charge in [-0.1, -0.05) is 72.8 Å². The van der Waals surface area contributed by atoms with E-state index in [1.165, 1.54) is 0 Å². The Hall–Kier alpha value is -2.83. The fourth-order valence-electron chi connectivity index (χ4n) is 3.19. The largest absolute Gasteiger partial charge is 0.345 e. The zero-order valence-corrected chi connectivity index (χ0v) is 17.4. The molecule has 0 radical (unpaired) electrons. The quantitative estimate of drug-likeness (QED) is 0.438. The highest BCUT2D eigenvalue weighted by Gasteiger charge is 2.16. The van der Waals surface area contributed by atoms with Crippen molar-refractivity contribution in [1.29, 1.82) is 0 Å². The van der Waals surface area contributed by atoms with Crippen molar-refractivity contribution < 1.29 is 4.79 Å². The summed E-state index contributed by atoms with van der Waals surface area (Å²) >= 11 is 7.77. The highest BCUT2D eigenvalue weighted by atomic mass is 35.5. The standard InChI is InChI=1S/C22H19ClN4OS/c1-2-29-22-26-25-20(27(22)17-10-6-9-16(23)13-17)14-24-21(28)19-12-5-8-15-7-3-4-11-18(15)19/h3-13H,2,14H2,1H3,(H,24,28). The van der Waals surface area contributed by atoms with E-state index in [4.69, 9.17) is 11.6 Å². The molecular weight excluding hydrogens is 404 g/mol. The summed E-state index contributed by atoms with van der Waals surface area (Å²) in [7, 11) is 0. The van der Waals surface area contributed by atoms with Gasteiger partial charge in [0.1, 0.15) is 0 Å². The molecule has 1 aromatic heterocycles. The van der Waals surface area contributed by atoms with Gasteiger partial charge in [0.15, 0.2) is 11.0 Å². The lowest BCUT2D eigenvalue weighted by Crippen LogP contribution is -2.25. The van der Waals surface area contributed by atoms with Crippen LogP contribution >= 0.6 is 23.4 Å². The molecule has 0 aliphatic carbocycles. The van der Waals surface area contributed by atoms with E-state index in [0.29, 0.717) is 16.4 Å². The highest BCUT2D eigenvalue weighted by Crippen LogP contribution is 2.24. The molecule has 146 valence electrons. The van der Waals surface area contributed by atoms with Gasteiger partial charge in [0.05, 0.1) is 12.2 Å². The number of nitrogens with one attached hydrogen (secondary N) is 1. The van der Waals surface area contributed by atoms with Crippen LogP contribution in [0.4, 0.5) is 0 Å². The molecule has 0 saturated heterocycles. The van der Waals surface area contributed by atoms with E-state index >= 15 is 0 Å². The average molecular weight is 423 g/mol. The molecule has 7 heteroatoms. The first-order chi connectivity index (χ1) is 14.2. The third-order valence-electron chi connectivity index (χ3n) is 4.48. The van der Waals surface area contributed by atoms with Crippen LogP contribution in [-0.4, -0.2) is 26.4 Å². The van der Waals surface area contributed by atoms with Crippen LogP contribution in [0.5, 0.6) is 0 Å². The molecule has 0 unspecified atom stereocenters. The zero-order valence-electron chi connectivity index (χ0n) is 15.8. The van der Waals surface area contributed by atoms with Crippen LogP contribution in [-0.2, 0) is 6.54 Å². The van der Waals surface area contributed by atoms with Gasteiger partial charge in [0.25, 0.3) is 5.91 Å².